The second-order valence-corrected chi connectivity index (χ2v) is 3.88. The maximum atomic E-state index is 10.8. The molecule has 0 aromatic heterocycles. The van der Waals surface area contributed by atoms with Gasteiger partial charge in [-0.15, -0.1) is 0 Å². The molecule has 4 nitrogen and oxygen atoms in total. The maximum Gasteiger partial charge on any atom is 0.305 e. The zero-order chi connectivity index (χ0) is 12.7. The quantitative estimate of drug-likeness (QED) is 0.763. The predicted molar refractivity (Wildman–Crippen MR) is 66.3 cm³/mol. The Labute approximate surface area is 102 Å². The molecule has 1 aromatic carbocycles. The first-order valence-corrected chi connectivity index (χ1v) is 5.76. The first-order chi connectivity index (χ1) is 8.17. The summed E-state index contributed by atoms with van der Waals surface area (Å²) >= 11 is 0. The van der Waals surface area contributed by atoms with Crippen LogP contribution in [0.5, 0.6) is 5.75 Å². The van der Waals surface area contributed by atoms with Crippen LogP contribution in [0.25, 0.3) is 0 Å². The third kappa shape index (κ3) is 4.44. The molecule has 1 rings (SSSR count). The fourth-order valence-electron chi connectivity index (χ4n) is 1.66. The summed E-state index contributed by atoms with van der Waals surface area (Å²) in [4.78, 5) is 10.8. The van der Waals surface area contributed by atoms with E-state index in [2.05, 4.69) is 12.2 Å². The average molecular weight is 237 g/mol. The van der Waals surface area contributed by atoms with Gasteiger partial charge in [-0.25, -0.2) is 0 Å². The van der Waals surface area contributed by atoms with Gasteiger partial charge in [-0.2, -0.15) is 0 Å². The second-order valence-electron chi connectivity index (χ2n) is 3.88. The van der Waals surface area contributed by atoms with Crippen LogP contribution in [0.2, 0.25) is 0 Å². The second kappa shape index (κ2) is 6.91. The summed E-state index contributed by atoms with van der Waals surface area (Å²) in [7, 11) is 1.60. The maximum absolute atomic E-state index is 10.8. The number of ether oxygens (including phenoxy) is 1. The molecule has 1 unspecified atom stereocenters. The van der Waals surface area contributed by atoms with Gasteiger partial charge in [0.15, 0.2) is 0 Å². The lowest BCUT2D eigenvalue weighted by molar-refractivity contribution is -0.137. The van der Waals surface area contributed by atoms with E-state index in [1.54, 1.807) is 7.11 Å². The molecule has 17 heavy (non-hydrogen) atoms. The Kier molecular flexibility index (Phi) is 5.49. The van der Waals surface area contributed by atoms with Crippen LogP contribution in [0.3, 0.4) is 0 Å². The number of aliphatic carboxylic acids is 1. The van der Waals surface area contributed by atoms with E-state index in [1.165, 1.54) is 0 Å². The molecule has 0 amide bonds. The van der Waals surface area contributed by atoms with Crippen LogP contribution in [0, 0.1) is 0 Å². The van der Waals surface area contributed by atoms with E-state index in [-0.39, 0.29) is 12.5 Å². The summed E-state index contributed by atoms with van der Waals surface area (Å²) < 4.78 is 5.14. The van der Waals surface area contributed by atoms with E-state index in [1.807, 2.05) is 24.3 Å². The van der Waals surface area contributed by atoms with Gasteiger partial charge in [-0.1, -0.05) is 19.1 Å². The number of carbonyl (C=O) groups is 1. The molecule has 0 saturated carbocycles. The molecule has 0 heterocycles. The van der Waals surface area contributed by atoms with E-state index in [0.29, 0.717) is 0 Å². The Morgan fingerprint density at radius 3 is 2.88 bits per heavy atom. The van der Waals surface area contributed by atoms with Gasteiger partial charge in [-0.05, 0) is 30.7 Å². The Hall–Kier alpha value is -1.55. The van der Waals surface area contributed by atoms with Crippen molar-refractivity contribution in [1.82, 2.24) is 5.32 Å². The molecular weight excluding hydrogens is 218 g/mol. The van der Waals surface area contributed by atoms with E-state index >= 15 is 0 Å². The number of hydrogen-bond donors (Lipinski definition) is 2. The fraction of sp³-hybridized carbons (Fsp3) is 0.462. The van der Waals surface area contributed by atoms with Gasteiger partial charge >= 0.3 is 5.97 Å². The Bertz CT molecular complexity index is 365. The van der Waals surface area contributed by atoms with Crippen molar-refractivity contribution >= 4 is 5.97 Å². The topological polar surface area (TPSA) is 58.6 Å². The van der Waals surface area contributed by atoms with Crippen molar-refractivity contribution in [1.29, 1.82) is 0 Å². The van der Waals surface area contributed by atoms with E-state index in [4.69, 9.17) is 9.84 Å². The number of nitrogens with one attached hydrogen (secondary N) is 1. The molecule has 4 heteroatoms. The molecular formula is C13H19NO3. The zero-order valence-electron chi connectivity index (χ0n) is 10.3. The number of carboxylic acids is 1. The highest BCUT2D eigenvalue weighted by Gasteiger charge is 2.14. The summed E-state index contributed by atoms with van der Waals surface area (Å²) in [6.07, 6.45) is 1.05. The van der Waals surface area contributed by atoms with Gasteiger partial charge in [0.2, 0.25) is 0 Å². The van der Waals surface area contributed by atoms with Gasteiger partial charge in [0.05, 0.1) is 13.5 Å². The fourth-order valence-corrected chi connectivity index (χ4v) is 1.66. The van der Waals surface area contributed by atoms with Crippen molar-refractivity contribution in [3.63, 3.8) is 0 Å². The van der Waals surface area contributed by atoms with E-state index in [9.17, 15) is 4.79 Å². The number of hydrogen-bond acceptors (Lipinski definition) is 3. The molecule has 0 saturated heterocycles. The molecule has 0 aliphatic heterocycles. The van der Waals surface area contributed by atoms with Crippen LogP contribution in [-0.2, 0) is 4.79 Å². The molecule has 0 spiro atoms. The summed E-state index contributed by atoms with van der Waals surface area (Å²) in [6.45, 7) is 2.85. The van der Waals surface area contributed by atoms with Crippen LogP contribution >= 0.6 is 0 Å². The number of benzene rings is 1. The lowest BCUT2D eigenvalue weighted by atomic mass is 10.0. The first kappa shape index (κ1) is 13.5. The SMILES string of the molecule is CCCNC(CC(=O)O)c1cccc(OC)c1. The Balaban J connectivity index is 2.82. The normalized spacial score (nSPS) is 12.1. The molecule has 0 bridgehead atoms. The highest BCUT2D eigenvalue weighted by Crippen LogP contribution is 2.21. The summed E-state index contributed by atoms with van der Waals surface area (Å²) in [5.41, 5.74) is 0.945. The highest BCUT2D eigenvalue weighted by molar-refractivity contribution is 5.68. The minimum absolute atomic E-state index is 0.0766. The van der Waals surface area contributed by atoms with Gasteiger partial charge in [0.1, 0.15) is 5.75 Å². The van der Waals surface area contributed by atoms with E-state index in [0.717, 1.165) is 24.3 Å². The van der Waals surface area contributed by atoms with Crippen molar-refractivity contribution in [3.05, 3.63) is 29.8 Å². The molecule has 0 aliphatic rings. The number of carboxylic acid groups (broad SMARTS) is 1. The molecule has 2 N–H and O–H groups in total. The van der Waals surface area contributed by atoms with Crippen LogP contribution in [0.15, 0.2) is 24.3 Å². The Morgan fingerprint density at radius 2 is 2.29 bits per heavy atom. The molecule has 0 aliphatic carbocycles. The van der Waals surface area contributed by atoms with Gasteiger partial charge in [0, 0.05) is 6.04 Å². The van der Waals surface area contributed by atoms with Crippen molar-refractivity contribution in [3.8, 4) is 5.75 Å². The molecule has 0 radical (unpaired) electrons. The predicted octanol–water partition coefficient (Wildman–Crippen LogP) is 2.21. The van der Waals surface area contributed by atoms with Crippen LogP contribution in [0.1, 0.15) is 31.4 Å². The summed E-state index contributed by atoms with van der Waals surface area (Å²) in [5, 5.41) is 12.1. The van der Waals surface area contributed by atoms with Crippen molar-refractivity contribution in [2.75, 3.05) is 13.7 Å². The van der Waals surface area contributed by atoms with Gasteiger partial charge in [0.25, 0.3) is 0 Å². The standard InChI is InChI=1S/C13H19NO3/c1-3-7-14-12(9-13(15)16)10-5-4-6-11(8-10)17-2/h4-6,8,12,14H,3,7,9H2,1-2H3,(H,15,16). The Morgan fingerprint density at radius 1 is 1.53 bits per heavy atom. The monoisotopic (exact) mass is 237 g/mol. The van der Waals surface area contributed by atoms with E-state index < -0.39 is 5.97 Å². The minimum atomic E-state index is -0.804. The number of rotatable bonds is 7. The smallest absolute Gasteiger partial charge is 0.305 e. The lowest BCUT2D eigenvalue weighted by Crippen LogP contribution is -2.24. The van der Waals surface area contributed by atoms with Crippen LogP contribution < -0.4 is 10.1 Å². The molecule has 1 aromatic rings. The van der Waals surface area contributed by atoms with Crippen molar-refractivity contribution in [2.45, 2.75) is 25.8 Å². The minimum Gasteiger partial charge on any atom is -0.497 e. The van der Waals surface area contributed by atoms with Gasteiger partial charge < -0.3 is 15.2 Å². The van der Waals surface area contributed by atoms with Gasteiger partial charge in [-0.3, -0.25) is 4.79 Å². The van der Waals surface area contributed by atoms with Crippen LogP contribution in [-0.4, -0.2) is 24.7 Å². The number of methoxy groups -OCH3 is 1. The lowest BCUT2D eigenvalue weighted by Gasteiger charge is -2.17. The summed E-state index contributed by atoms with van der Waals surface area (Å²) in [5.74, 6) is -0.0578. The largest absolute Gasteiger partial charge is 0.497 e. The van der Waals surface area contributed by atoms with Crippen molar-refractivity contribution in [2.24, 2.45) is 0 Å². The van der Waals surface area contributed by atoms with Crippen molar-refractivity contribution < 1.29 is 14.6 Å². The third-order valence-electron chi connectivity index (χ3n) is 2.52. The average Bonchev–Trinajstić information content (AvgIpc) is 2.34. The van der Waals surface area contributed by atoms with Crippen LogP contribution in [0.4, 0.5) is 0 Å². The summed E-state index contributed by atoms with van der Waals surface area (Å²) in [6, 6.07) is 7.34. The molecule has 1 atom stereocenters. The third-order valence-corrected chi connectivity index (χ3v) is 2.52. The molecule has 94 valence electrons. The highest BCUT2D eigenvalue weighted by atomic mass is 16.5. The first-order valence-electron chi connectivity index (χ1n) is 5.76. The molecule has 0 fully saturated rings. The zero-order valence-corrected chi connectivity index (χ0v) is 10.3.